The molecule has 236 valence electrons. The fourth-order valence-electron chi connectivity index (χ4n) is 8.66. The predicted molar refractivity (Wildman–Crippen MR) is 207 cm³/mol. The van der Waals surface area contributed by atoms with Crippen LogP contribution in [-0.2, 0) is 10.8 Å². The van der Waals surface area contributed by atoms with Gasteiger partial charge in [0.2, 0.25) is 0 Å². The third-order valence-corrected chi connectivity index (χ3v) is 11.1. The van der Waals surface area contributed by atoms with Crippen molar-refractivity contribution in [3.63, 3.8) is 0 Å². The Labute approximate surface area is 290 Å². The lowest BCUT2D eigenvalue weighted by molar-refractivity contribution is 0.660. The number of hydrogen-bond donors (Lipinski definition) is 0. The second kappa shape index (κ2) is 10.9. The van der Waals surface area contributed by atoms with Crippen LogP contribution < -0.4 is 4.90 Å². The molecule has 0 radical (unpaired) electrons. The smallest absolute Gasteiger partial charge is 0.0540 e. The van der Waals surface area contributed by atoms with Crippen LogP contribution in [0.2, 0.25) is 0 Å². The molecule has 2 aliphatic carbocycles. The highest BCUT2D eigenvalue weighted by Gasteiger charge is 2.38. The van der Waals surface area contributed by atoms with Gasteiger partial charge in [-0.15, -0.1) is 0 Å². The van der Waals surface area contributed by atoms with Gasteiger partial charge in [-0.3, -0.25) is 0 Å². The minimum absolute atomic E-state index is 0.0257. The van der Waals surface area contributed by atoms with Gasteiger partial charge in [0.1, 0.15) is 0 Å². The van der Waals surface area contributed by atoms with Gasteiger partial charge >= 0.3 is 0 Å². The Balaban J connectivity index is 1.27. The molecule has 49 heavy (non-hydrogen) atoms. The fraction of sp³-hybridized carbons (Fsp3) is 0.125. The molecule has 0 aromatic heterocycles. The number of nitrogens with zero attached hydrogens (tertiary/aromatic N) is 1. The van der Waals surface area contributed by atoms with E-state index >= 15 is 0 Å². The summed E-state index contributed by atoms with van der Waals surface area (Å²) >= 11 is 0. The van der Waals surface area contributed by atoms with Gasteiger partial charge in [-0.2, -0.15) is 0 Å². The molecule has 0 fully saturated rings. The molecular formula is C48H39N. The molecule has 7 aromatic rings. The largest absolute Gasteiger partial charge is 0.309 e. The van der Waals surface area contributed by atoms with Crippen LogP contribution >= 0.6 is 0 Å². The third kappa shape index (κ3) is 4.39. The second-order valence-electron chi connectivity index (χ2n) is 14.5. The molecule has 0 heterocycles. The minimum atomic E-state index is -0.0661. The van der Waals surface area contributed by atoms with Gasteiger partial charge in [0.05, 0.1) is 11.4 Å². The van der Waals surface area contributed by atoms with E-state index in [2.05, 4.69) is 196 Å². The molecule has 7 aromatic carbocycles. The van der Waals surface area contributed by atoms with E-state index < -0.39 is 0 Å². The summed E-state index contributed by atoms with van der Waals surface area (Å²) in [5.41, 5.74) is 19.2. The van der Waals surface area contributed by atoms with Crippen LogP contribution in [0, 0.1) is 0 Å². The first-order chi connectivity index (χ1) is 23.9. The summed E-state index contributed by atoms with van der Waals surface area (Å²) in [6.07, 6.45) is 0. The van der Waals surface area contributed by atoms with Crippen LogP contribution in [0.1, 0.15) is 49.9 Å². The van der Waals surface area contributed by atoms with Gasteiger partial charge in [-0.05, 0) is 86.0 Å². The Hall–Kier alpha value is -5.66. The van der Waals surface area contributed by atoms with Crippen LogP contribution in [0.4, 0.5) is 17.1 Å². The first kappa shape index (κ1) is 29.5. The zero-order valence-electron chi connectivity index (χ0n) is 28.5. The first-order valence-corrected chi connectivity index (χ1v) is 17.4. The number of benzene rings is 7. The Bertz CT molecular complexity index is 2390. The number of rotatable bonds is 5. The maximum Gasteiger partial charge on any atom is 0.0540 e. The quantitative estimate of drug-likeness (QED) is 0.183. The second-order valence-corrected chi connectivity index (χ2v) is 14.5. The van der Waals surface area contributed by atoms with Gasteiger partial charge in [0.25, 0.3) is 0 Å². The Morgan fingerprint density at radius 2 is 0.837 bits per heavy atom. The maximum absolute atomic E-state index is 2.46. The first-order valence-electron chi connectivity index (χ1n) is 17.4. The molecule has 0 saturated heterocycles. The normalized spacial score (nSPS) is 14.4. The van der Waals surface area contributed by atoms with Crippen molar-refractivity contribution < 1.29 is 0 Å². The lowest BCUT2D eigenvalue weighted by Crippen LogP contribution is -2.15. The molecule has 0 unspecified atom stereocenters. The monoisotopic (exact) mass is 629 g/mol. The van der Waals surface area contributed by atoms with Gasteiger partial charge in [0.15, 0.2) is 0 Å². The average molecular weight is 630 g/mol. The molecule has 1 heteroatoms. The molecule has 0 N–H and O–H groups in total. The molecule has 0 saturated carbocycles. The summed E-state index contributed by atoms with van der Waals surface area (Å²) < 4.78 is 0. The molecule has 1 nitrogen and oxygen atoms in total. The van der Waals surface area contributed by atoms with E-state index in [0.29, 0.717) is 0 Å². The van der Waals surface area contributed by atoms with E-state index in [-0.39, 0.29) is 10.8 Å². The van der Waals surface area contributed by atoms with Crippen molar-refractivity contribution in [3.05, 3.63) is 186 Å². The average Bonchev–Trinajstić information content (AvgIpc) is 3.52. The molecule has 0 bridgehead atoms. The van der Waals surface area contributed by atoms with E-state index in [9.17, 15) is 0 Å². The highest BCUT2D eigenvalue weighted by molar-refractivity contribution is 6.00. The summed E-state index contributed by atoms with van der Waals surface area (Å²) in [5.74, 6) is 0. The van der Waals surface area contributed by atoms with E-state index in [1.54, 1.807) is 0 Å². The van der Waals surface area contributed by atoms with E-state index in [4.69, 9.17) is 0 Å². The van der Waals surface area contributed by atoms with Crippen molar-refractivity contribution in [2.45, 2.75) is 38.5 Å². The minimum Gasteiger partial charge on any atom is -0.309 e. The van der Waals surface area contributed by atoms with Crippen LogP contribution in [0.5, 0.6) is 0 Å². The van der Waals surface area contributed by atoms with Crippen molar-refractivity contribution in [1.82, 2.24) is 0 Å². The van der Waals surface area contributed by atoms with Gasteiger partial charge in [-0.1, -0.05) is 161 Å². The summed E-state index contributed by atoms with van der Waals surface area (Å²) in [5, 5.41) is 0. The van der Waals surface area contributed by atoms with Gasteiger partial charge in [-0.25, -0.2) is 0 Å². The zero-order chi connectivity index (χ0) is 33.3. The molecule has 0 amide bonds. The summed E-state index contributed by atoms with van der Waals surface area (Å²) in [6.45, 7) is 9.41. The molecule has 0 spiro atoms. The molecule has 2 aliphatic rings. The Morgan fingerprint density at radius 1 is 0.347 bits per heavy atom. The lowest BCUT2D eigenvalue weighted by Gasteiger charge is -2.30. The molecule has 9 rings (SSSR count). The number of fused-ring (bicyclic) bond motifs is 6. The maximum atomic E-state index is 2.46. The van der Waals surface area contributed by atoms with Crippen molar-refractivity contribution in [1.29, 1.82) is 0 Å². The van der Waals surface area contributed by atoms with Crippen molar-refractivity contribution in [3.8, 4) is 44.5 Å². The van der Waals surface area contributed by atoms with Crippen molar-refractivity contribution in [2.75, 3.05) is 4.90 Å². The van der Waals surface area contributed by atoms with Crippen LogP contribution in [0.25, 0.3) is 44.5 Å². The Morgan fingerprint density at radius 3 is 1.57 bits per heavy atom. The number of para-hydroxylation sites is 3. The highest BCUT2D eigenvalue weighted by atomic mass is 15.1. The van der Waals surface area contributed by atoms with Crippen molar-refractivity contribution >= 4 is 17.1 Å². The number of anilines is 3. The summed E-state index contributed by atoms with van der Waals surface area (Å²) in [6, 6.07) is 60.5. The zero-order valence-corrected chi connectivity index (χ0v) is 28.5. The number of hydrogen-bond acceptors (Lipinski definition) is 1. The highest BCUT2D eigenvalue weighted by Crippen LogP contribution is 2.55. The standard InChI is InChI=1S/C48H39N/c1-47(2)40-24-12-8-20-35(40)39-31-32(29-30-42(39)47)34-19-10-14-27-44(34)49(33-17-6-5-7-18-33)45-28-15-11-21-36(45)37-23-16-26-43-46(37)38-22-9-13-25-41(38)48(43,3)4/h5-31H,1-4H3. The summed E-state index contributed by atoms with van der Waals surface area (Å²) in [7, 11) is 0. The third-order valence-electron chi connectivity index (χ3n) is 11.1. The molecule has 0 aliphatic heterocycles. The van der Waals surface area contributed by atoms with Crippen molar-refractivity contribution in [2.24, 2.45) is 0 Å². The Kier molecular flexibility index (Phi) is 6.58. The lowest BCUT2D eigenvalue weighted by atomic mass is 9.82. The molecule has 0 atom stereocenters. The van der Waals surface area contributed by atoms with Gasteiger partial charge < -0.3 is 4.90 Å². The fourth-order valence-corrected chi connectivity index (χ4v) is 8.66. The van der Waals surface area contributed by atoms with E-state index in [0.717, 1.165) is 17.1 Å². The van der Waals surface area contributed by atoms with E-state index in [1.807, 2.05) is 0 Å². The van der Waals surface area contributed by atoms with E-state index in [1.165, 1.54) is 66.8 Å². The summed E-state index contributed by atoms with van der Waals surface area (Å²) in [4.78, 5) is 2.46. The van der Waals surface area contributed by atoms with Crippen LogP contribution in [0.3, 0.4) is 0 Å². The predicted octanol–water partition coefficient (Wildman–Crippen LogP) is 13.1. The topological polar surface area (TPSA) is 3.24 Å². The van der Waals surface area contributed by atoms with Crippen LogP contribution in [0.15, 0.2) is 164 Å². The van der Waals surface area contributed by atoms with Crippen LogP contribution in [-0.4, -0.2) is 0 Å². The SMILES string of the molecule is CC1(C)c2ccccc2-c2cc(-c3ccccc3N(c3ccccc3)c3ccccc3-c3cccc4c3-c3ccccc3C4(C)C)ccc21. The molecular weight excluding hydrogens is 591 g/mol. The van der Waals surface area contributed by atoms with Gasteiger partial charge in [0, 0.05) is 27.6 Å².